The van der Waals surface area contributed by atoms with Gasteiger partial charge >= 0.3 is 23.1 Å². The van der Waals surface area contributed by atoms with Crippen molar-refractivity contribution in [1.82, 2.24) is 0 Å². The first-order chi connectivity index (χ1) is 3.79. The smallest absolute Gasteiger partial charge is 1.00 e. The van der Waals surface area contributed by atoms with Crippen LogP contribution in [-0.4, -0.2) is 23.1 Å². The first-order valence-electron chi connectivity index (χ1n) is 2.20. The van der Waals surface area contributed by atoms with Gasteiger partial charge in [-0.15, -0.1) is 0 Å². The molecule has 0 bridgehead atoms. The molecule has 0 amide bonds. The second kappa shape index (κ2) is 4.77. The van der Waals surface area contributed by atoms with Crippen LogP contribution in [0.2, 0.25) is 5.02 Å². The zero-order valence-corrected chi connectivity index (χ0v) is 9.10. The molecule has 0 unspecified atom stereocenters. The minimum Gasteiger partial charge on any atom is -1.00 e. The Bertz CT molecular complexity index is 159. The van der Waals surface area contributed by atoms with E-state index in [4.69, 9.17) is 11.6 Å². The van der Waals surface area contributed by atoms with E-state index in [9.17, 15) is 0 Å². The third kappa shape index (κ3) is 3.65. The molecule has 0 saturated heterocycles. The van der Waals surface area contributed by atoms with E-state index < -0.39 is 0 Å². The van der Waals surface area contributed by atoms with Crippen LogP contribution in [0.5, 0.6) is 0 Å². The molecule has 0 heterocycles. The molecule has 0 atom stereocenters. The molecule has 3 heteroatoms. The normalized spacial score (nSPS) is 8.22. The van der Waals surface area contributed by atoms with Crippen molar-refractivity contribution in [3.8, 4) is 0 Å². The maximum Gasteiger partial charge on any atom is 2.00 e. The predicted octanol–water partition coefficient (Wildman–Crippen LogP) is 2.79. The molecule has 9 heavy (non-hydrogen) atoms. The van der Waals surface area contributed by atoms with Crippen LogP contribution in [0.15, 0.2) is 24.3 Å². The van der Waals surface area contributed by atoms with Crippen LogP contribution in [0.4, 0.5) is 0 Å². The van der Waals surface area contributed by atoms with E-state index in [1.54, 1.807) is 0 Å². The van der Waals surface area contributed by atoms with Gasteiger partial charge in [0.1, 0.15) is 0 Å². The summed E-state index contributed by atoms with van der Waals surface area (Å²) in [6.07, 6.45) is 0. The number of hydrogen-bond acceptors (Lipinski definition) is 0. The number of rotatable bonds is 0. The molecule has 0 aliphatic heterocycles. The minimum atomic E-state index is 0. The molecule has 0 N–H and O–H groups in total. The predicted molar refractivity (Wildman–Crippen MR) is 52.1 cm³/mol. The van der Waals surface area contributed by atoms with Crippen molar-refractivity contribution in [3.05, 3.63) is 32.9 Å². The fourth-order valence-corrected chi connectivity index (χ4v) is 0.915. The standard InChI is InChI=1S/C6H4ClI.Mg.2H/c7-5-1-3-6(8)4-2-5;;;/h1-4H;;;/q;+2;2*-1. The maximum absolute atomic E-state index is 5.61. The Morgan fingerprint density at radius 1 is 1.22 bits per heavy atom. The van der Waals surface area contributed by atoms with Crippen molar-refractivity contribution in [2.24, 2.45) is 0 Å². The van der Waals surface area contributed by atoms with Crippen molar-refractivity contribution in [2.45, 2.75) is 0 Å². The second-order valence-electron chi connectivity index (χ2n) is 1.44. The van der Waals surface area contributed by atoms with E-state index in [1.165, 1.54) is 3.57 Å². The average molecular weight is 265 g/mol. The third-order valence-corrected chi connectivity index (χ3v) is 1.77. The molecular formula is C6H6ClIMg. The molecule has 0 fully saturated rings. The average Bonchev–Trinajstić information content (AvgIpc) is 1.77. The molecule has 0 saturated carbocycles. The molecule has 1 rings (SSSR count). The molecule has 0 aliphatic rings. The van der Waals surface area contributed by atoms with Gasteiger partial charge in [0.05, 0.1) is 0 Å². The molecule has 0 radical (unpaired) electrons. The van der Waals surface area contributed by atoms with Crippen molar-refractivity contribution in [2.75, 3.05) is 0 Å². The van der Waals surface area contributed by atoms with Crippen LogP contribution in [-0.2, 0) is 0 Å². The van der Waals surface area contributed by atoms with Crippen molar-refractivity contribution < 1.29 is 2.85 Å². The first kappa shape index (κ1) is 10.0. The summed E-state index contributed by atoms with van der Waals surface area (Å²) in [5.74, 6) is 0. The van der Waals surface area contributed by atoms with E-state index in [-0.39, 0.29) is 25.9 Å². The maximum atomic E-state index is 5.61. The second-order valence-corrected chi connectivity index (χ2v) is 3.12. The molecular weight excluding hydrogens is 259 g/mol. The largest absolute Gasteiger partial charge is 2.00 e. The molecule has 1 aromatic carbocycles. The van der Waals surface area contributed by atoms with Gasteiger partial charge in [0.2, 0.25) is 0 Å². The van der Waals surface area contributed by atoms with Crippen LogP contribution in [0.25, 0.3) is 0 Å². The monoisotopic (exact) mass is 264 g/mol. The van der Waals surface area contributed by atoms with Crippen LogP contribution in [0, 0.1) is 3.57 Å². The molecule has 46 valence electrons. The van der Waals surface area contributed by atoms with Crippen LogP contribution in [0.1, 0.15) is 2.85 Å². The Kier molecular flexibility index (Phi) is 5.30. The van der Waals surface area contributed by atoms with Gasteiger partial charge in [-0.1, -0.05) is 11.6 Å². The van der Waals surface area contributed by atoms with Gasteiger partial charge in [-0.05, 0) is 46.9 Å². The van der Waals surface area contributed by atoms with E-state index in [0.29, 0.717) is 0 Å². The Morgan fingerprint density at radius 3 is 2.00 bits per heavy atom. The van der Waals surface area contributed by atoms with Gasteiger partial charge in [0, 0.05) is 8.59 Å². The Morgan fingerprint density at radius 2 is 1.67 bits per heavy atom. The molecule has 0 spiro atoms. The topological polar surface area (TPSA) is 0 Å². The van der Waals surface area contributed by atoms with Crippen LogP contribution < -0.4 is 0 Å². The van der Waals surface area contributed by atoms with Crippen molar-refractivity contribution >= 4 is 57.2 Å². The fraction of sp³-hybridized carbons (Fsp3) is 0. The van der Waals surface area contributed by atoms with E-state index in [0.717, 1.165) is 5.02 Å². The zero-order valence-electron chi connectivity index (χ0n) is 6.77. The minimum absolute atomic E-state index is 0. The van der Waals surface area contributed by atoms with E-state index in [1.807, 2.05) is 24.3 Å². The van der Waals surface area contributed by atoms with Gasteiger partial charge in [0.15, 0.2) is 0 Å². The zero-order chi connectivity index (χ0) is 5.98. The molecule has 1 aromatic rings. The summed E-state index contributed by atoms with van der Waals surface area (Å²) < 4.78 is 1.21. The van der Waals surface area contributed by atoms with Crippen LogP contribution >= 0.6 is 34.2 Å². The molecule has 0 aromatic heterocycles. The van der Waals surface area contributed by atoms with E-state index in [2.05, 4.69) is 22.6 Å². The summed E-state index contributed by atoms with van der Waals surface area (Å²) in [6.45, 7) is 0. The Balaban J connectivity index is -0.000000213. The quantitative estimate of drug-likeness (QED) is 0.499. The van der Waals surface area contributed by atoms with Gasteiger partial charge in [-0.3, -0.25) is 0 Å². The molecule has 0 aliphatic carbocycles. The first-order valence-corrected chi connectivity index (χ1v) is 3.66. The van der Waals surface area contributed by atoms with Gasteiger partial charge in [0.25, 0.3) is 0 Å². The summed E-state index contributed by atoms with van der Waals surface area (Å²) in [4.78, 5) is 0. The third-order valence-electron chi connectivity index (χ3n) is 0.804. The Labute approximate surface area is 92.2 Å². The SMILES string of the molecule is Clc1ccc(I)cc1.[H-].[H-].[Mg+2]. The van der Waals surface area contributed by atoms with E-state index >= 15 is 0 Å². The summed E-state index contributed by atoms with van der Waals surface area (Å²) >= 11 is 7.85. The van der Waals surface area contributed by atoms with Gasteiger partial charge in [-0.25, -0.2) is 0 Å². The molecule has 0 nitrogen and oxygen atoms in total. The summed E-state index contributed by atoms with van der Waals surface area (Å²) in [5.41, 5.74) is 0. The fourth-order valence-electron chi connectivity index (χ4n) is 0.430. The summed E-state index contributed by atoms with van der Waals surface area (Å²) in [7, 11) is 0. The summed E-state index contributed by atoms with van der Waals surface area (Å²) in [5, 5.41) is 0.797. The van der Waals surface area contributed by atoms with Gasteiger partial charge < -0.3 is 2.85 Å². The van der Waals surface area contributed by atoms with Crippen LogP contribution in [0.3, 0.4) is 0 Å². The van der Waals surface area contributed by atoms with Crippen molar-refractivity contribution in [3.63, 3.8) is 0 Å². The van der Waals surface area contributed by atoms with Crippen molar-refractivity contribution in [1.29, 1.82) is 0 Å². The number of benzene rings is 1. The number of halogens is 2. The Hall–Kier alpha value is 1.01. The van der Waals surface area contributed by atoms with Gasteiger partial charge in [-0.2, -0.15) is 0 Å². The number of hydrogen-bond donors (Lipinski definition) is 0. The summed E-state index contributed by atoms with van der Waals surface area (Å²) in [6, 6.07) is 7.71.